The van der Waals surface area contributed by atoms with Crippen molar-refractivity contribution in [1.29, 1.82) is 0 Å². The van der Waals surface area contributed by atoms with E-state index in [4.69, 9.17) is 0 Å². The van der Waals surface area contributed by atoms with Crippen LogP contribution >= 0.6 is 0 Å². The van der Waals surface area contributed by atoms with E-state index in [-0.39, 0.29) is 18.6 Å². The van der Waals surface area contributed by atoms with Gasteiger partial charge in [0.1, 0.15) is 0 Å². The topological polar surface area (TPSA) is 25.8 Å². The Hall–Kier alpha value is -0.336. The summed E-state index contributed by atoms with van der Waals surface area (Å²) in [6, 6.07) is 4.60. The molecule has 8 heavy (non-hydrogen) atoms. The first-order valence-electron chi connectivity index (χ1n) is 2.05. The molecule has 0 aliphatic heterocycles. The SMILES string of the molecule is Cc1[c-]ccnn1.[V+2]. The summed E-state index contributed by atoms with van der Waals surface area (Å²) < 4.78 is 0. The zero-order valence-corrected chi connectivity index (χ0v) is 5.89. The second-order valence-corrected chi connectivity index (χ2v) is 1.26. The van der Waals surface area contributed by atoms with Crippen molar-refractivity contribution >= 4 is 0 Å². The molecule has 2 nitrogen and oxygen atoms in total. The summed E-state index contributed by atoms with van der Waals surface area (Å²) in [5.74, 6) is 0. The minimum atomic E-state index is 0. The Labute approximate surface area is 60.2 Å². The van der Waals surface area contributed by atoms with E-state index in [1.54, 1.807) is 12.3 Å². The monoisotopic (exact) mass is 144 g/mol. The van der Waals surface area contributed by atoms with Gasteiger partial charge >= 0.3 is 18.6 Å². The minimum absolute atomic E-state index is 0. The molecule has 0 amide bonds. The van der Waals surface area contributed by atoms with Gasteiger partial charge in [0.15, 0.2) is 0 Å². The Bertz CT molecular complexity index is 140. The second-order valence-electron chi connectivity index (χ2n) is 1.26. The van der Waals surface area contributed by atoms with Crippen molar-refractivity contribution in [2.24, 2.45) is 0 Å². The van der Waals surface area contributed by atoms with E-state index in [0.29, 0.717) is 0 Å². The average Bonchev–Trinajstić information content (AvgIpc) is 1.69. The molecule has 0 N–H and O–H groups in total. The number of aromatic nitrogens is 2. The van der Waals surface area contributed by atoms with Crippen LogP contribution in [0.5, 0.6) is 0 Å². The molecule has 1 heterocycles. The average molecular weight is 144 g/mol. The van der Waals surface area contributed by atoms with Crippen LogP contribution in [0.15, 0.2) is 12.3 Å². The molecule has 1 aromatic heterocycles. The summed E-state index contributed by atoms with van der Waals surface area (Å²) in [5, 5.41) is 7.28. The normalized spacial score (nSPS) is 7.62. The van der Waals surface area contributed by atoms with Gasteiger partial charge in [-0.05, 0) is 12.6 Å². The maximum Gasteiger partial charge on any atom is 2.00 e. The third-order valence-corrected chi connectivity index (χ3v) is 0.641. The van der Waals surface area contributed by atoms with Gasteiger partial charge in [-0.25, -0.2) is 12.1 Å². The Morgan fingerprint density at radius 3 is 2.62 bits per heavy atom. The molecule has 0 saturated heterocycles. The van der Waals surface area contributed by atoms with Gasteiger partial charge in [0.05, 0.1) is 0 Å². The van der Waals surface area contributed by atoms with Gasteiger partial charge in [-0.1, -0.05) is 0 Å². The fourth-order valence-electron chi connectivity index (χ4n) is 0.340. The van der Waals surface area contributed by atoms with Crippen molar-refractivity contribution in [3.05, 3.63) is 24.0 Å². The fraction of sp³-hybridized carbons (Fsp3) is 0.200. The molecule has 39 valence electrons. The number of rotatable bonds is 0. The van der Waals surface area contributed by atoms with E-state index in [0.717, 1.165) is 5.69 Å². The predicted octanol–water partition coefficient (Wildman–Crippen LogP) is 0.583. The van der Waals surface area contributed by atoms with Gasteiger partial charge in [-0.2, -0.15) is 5.10 Å². The molecule has 1 radical (unpaired) electrons. The van der Waals surface area contributed by atoms with Gasteiger partial charge in [0.25, 0.3) is 0 Å². The largest absolute Gasteiger partial charge is 2.00 e. The van der Waals surface area contributed by atoms with Gasteiger partial charge in [0, 0.05) is 0 Å². The van der Waals surface area contributed by atoms with E-state index in [2.05, 4.69) is 16.3 Å². The molecular weight excluding hydrogens is 139 g/mol. The first kappa shape index (κ1) is 7.66. The minimum Gasteiger partial charge on any atom is -0.258 e. The molecule has 0 aliphatic rings. The third-order valence-electron chi connectivity index (χ3n) is 0.641. The summed E-state index contributed by atoms with van der Waals surface area (Å²) in [4.78, 5) is 0. The molecule has 0 unspecified atom stereocenters. The van der Waals surface area contributed by atoms with E-state index < -0.39 is 0 Å². The van der Waals surface area contributed by atoms with Crippen molar-refractivity contribution in [1.82, 2.24) is 10.2 Å². The first-order chi connectivity index (χ1) is 3.39. The molecule has 0 aliphatic carbocycles. The van der Waals surface area contributed by atoms with Crippen LogP contribution in [0.1, 0.15) is 5.69 Å². The van der Waals surface area contributed by atoms with Gasteiger partial charge < -0.3 is 0 Å². The summed E-state index contributed by atoms with van der Waals surface area (Å²) in [7, 11) is 0. The second kappa shape index (κ2) is 3.64. The zero-order valence-electron chi connectivity index (χ0n) is 4.50. The fourth-order valence-corrected chi connectivity index (χ4v) is 0.340. The van der Waals surface area contributed by atoms with Crippen LogP contribution in [0.4, 0.5) is 0 Å². The van der Waals surface area contributed by atoms with Crippen LogP contribution in [0.2, 0.25) is 0 Å². The Kier molecular flexibility index (Phi) is 3.49. The molecule has 1 rings (SSSR count). The summed E-state index contributed by atoms with van der Waals surface area (Å²) in [5.41, 5.74) is 0.836. The number of hydrogen-bond acceptors (Lipinski definition) is 2. The molecule has 0 saturated carbocycles. The Morgan fingerprint density at radius 1 is 1.62 bits per heavy atom. The standard InChI is InChI=1S/C5H5N2.V/c1-5-3-2-4-6-7-5;/h2,4H,1H3;/q-1;+2. The quantitative estimate of drug-likeness (QED) is 0.498. The van der Waals surface area contributed by atoms with Crippen molar-refractivity contribution in [3.8, 4) is 0 Å². The number of nitrogens with zero attached hydrogens (tertiary/aromatic N) is 2. The Morgan fingerprint density at radius 2 is 2.38 bits per heavy atom. The molecular formula is C5H5N2V+. The summed E-state index contributed by atoms with van der Waals surface area (Å²) in [6.07, 6.45) is 1.60. The summed E-state index contributed by atoms with van der Waals surface area (Å²) in [6.45, 7) is 1.85. The number of aryl methyl sites for hydroxylation is 1. The van der Waals surface area contributed by atoms with E-state index in [9.17, 15) is 0 Å². The van der Waals surface area contributed by atoms with E-state index in [1.807, 2.05) is 6.92 Å². The van der Waals surface area contributed by atoms with Crippen LogP contribution in [-0.4, -0.2) is 10.2 Å². The van der Waals surface area contributed by atoms with Gasteiger partial charge in [0.2, 0.25) is 0 Å². The molecule has 3 heteroatoms. The van der Waals surface area contributed by atoms with Crippen LogP contribution in [0.3, 0.4) is 0 Å². The molecule has 0 fully saturated rings. The molecule has 1 aromatic rings. The maximum atomic E-state index is 3.67. The molecule has 0 aromatic carbocycles. The van der Waals surface area contributed by atoms with Crippen LogP contribution in [0.25, 0.3) is 0 Å². The van der Waals surface area contributed by atoms with Crippen LogP contribution in [-0.2, 0) is 18.6 Å². The van der Waals surface area contributed by atoms with Crippen molar-refractivity contribution < 1.29 is 18.6 Å². The zero-order chi connectivity index (χ0) is 5.11. The third kappa shape index (κ3) is 2.10. The summed E-state index contributed by atoms with van der Waals surface area (Å²) >= 11 is 0. The maximum absolute atomic E-state index is 3.67. The molecule has 0 atom stereocenters. The smallest absolute Gasteiger partial charge is 0.258 e. The molecule has 0 bridgehead atoms. The molecule has 0 spiro atoms. The van der Waals surface area contributed by atoms with Gasteiger partial charge in [-0.3, -0.25) is 5.10 Å². The van der Waals surface area contributed by atoms with Crippen molar-refractivity contribution in [2.75, 3.05) is 0 Å². The Balaban J connectivity index is 0.000000490. The van der Waals surface area contributed by atoms with Crippen LogP contribution in [0, 0.1) is 13.0 Å². The van der Waals surface area contributed by atoms with Crippen molar-refractivity contribution in [2.45, 2.75) is 6.92 Å². The number of hydrogen-bond donors (Lipinski definition) is 0. The first-order valence-corrected chi connectivity index (χ1v) is 2.05. The van der Waals surface area contributed by atoms with Crippen LogP contribution < -0.4 is 0 Å². The van der Waals surface area contributed by atoms with E-state index in [1.165, 1.54) is 0 Å². The van der Waals surface area contributed by atoms with Gasteiger partial charge in [-0.15, -0.1) is 6.20 Å². The predicted molar refractivity (Wildman–Crippen MR) is 25.6 cm³/mol. The van der Waals surface area contributed by atoms with E-state index >= 15 is 0 Å². The van der Waals surface area contributed by atoms with Crippen molar-refractivity contribution in [3.63, 3.8) is 0 Å².